The fourth-order valence-electron chi connectivity index (χ4n) is 1.99. The molecule has 0 spiro atoms. The average molecular weight is 243 g/mol. The van der Waals surface area contributed by atoms with Crippen LogP contribution in [0.3, 0.4) is 0 Å². The highest BCUT2D eigenvalue weighted by Gasteiger charge is 1.99. The van der Waals surface area contributed by atoms with Gasteiger partial charge < -0.3 is 10.3 Å². The molecule has 0 aromatic heterocycles. The molecule has 1 atom stereocenters. The number of oxime groups is 1. The summed E-state index contributed by atoms with van der Waals surface area (Å²) >= 11 is 0. The predicted molar refractivity (Wildman–Crippen MR) is 72.7 cm³/mol. The summed E-state index contributed by atoms with van der Waals surface area (Å²) in [6.45, 7) is 2.25. The van der Waals surface area contributed by atoms with Crippen LogP contribution < -0.4 is 0 Å². The molecule has 3 heteroatoms. The first-order valence-electron chi connectivity index (χ1n) is 7.17. The molecule has 1 unspecified atom stereocenters. The van der Waals surface area contributed by atoms with E-state index in [4.69, 9.17) is 5.21 Å². The van der Waals surface area contributed by atoms with Gasteiger partial charge in [-0.25, -0.2) is 0 Å². The van der Waals surface area contributed by atoms with Crippen LogP contribution in [0.1, 0.15) is 77.6 Å². The molecule has 0 aliphatic rings. The van der Waals surface area contributed by atoms with E-state index < -0.39 is 6.10 Å². The summed E-state index contributed by atoms with van der Waals surface area (Å²) in [6.07, 6.45) is 14.3. The van der Waals surface area contributed by atoms with Crippen LogP contribution in [-0.4, -0.2) is 22.6 Å². The van der Waals surface area contributed by atoms with E-state index in [1.165, 1.54) is 64.0 Å². The highest BCUT2D eigenvalue weighted by molar-refractivity contribution is 5.61. The van der Waals surface area contributed by atoms with Crippen LogP contribution in [0.15, 0.2) is 5.16 Å². The minimum absolute atomic E-state index is 0.575. The second kappa shape index (κ2) is 13.5. The zero-order valence-electron chi connectivity index (χ0n) is 11.3. The molecule has 0 amide bonds. The topological polar surface area (TPSA) is 52.8 Å². The molecule has 0 heterocycles. The van der Waals surface area contributed by atoms with Gasteiger partial charge in [0.25, 0.3) is 0 Å². The third-order valence-corrected chi connectivity index (χ3v) is 3.09. The van der Waals surface area contributed by atoms with E-state index in [0.29, 0.717) is 6.42 Å². The van der Waals surface area contributed by atoms with Crippen molar-refractivity contribution < 1.29 is 10.3 Å². The van der Waals surface area contributed by atoms with Gasteiger partial charge in [0.15, 0.2) is 0 Å². The fraction of sp³-hybridized carbons (Fsp3) is 0.929. The van der Waals surface area contributed by atoms with Crippen molar-refractivity contribution in [3.63, 3.8) is 0 Å². The first kappa shape index (κ1) is 16.4. The Morgan fingerprint density at radius 2 is 1.35 bits per heavy atom. The molecule has 102 valence electrons. The van der Waals surface area contributed by atoms with Gasteiger partial charge in [-0.2, -0.15) is 0 Å². The average Bonchev–Trinajstić information content (AvgIpc) is 2.32. The largest absolute Gasteiger partial charge is 0.411 e. The SMILES string of the molecule is CCCCCCCCCCCCC(O)C=NO. The summed E-state index contributed by atoms with van der Waals surface area (Å²) in [5.74, 6) is 0. The maximum absolute atomic E-state index is 9.26. The lowest BCUT2D eigenvalue weighted by Crippen LogP contribution is -2.07. The second-order valence-electron chi connectivity index (χ2n) is 4.80. The minimum atomic E-state index is -0.575. The van der Waals surface area contributed by atoms with Crippen LogP contribution in [0.5, 0.6) is 0 Å². The van der Waals surface area contributed by atoms with Gasteiger partial charge in [-0.05, 0) is 6.42 Å². The highest BCUT2D eigenvalue weighted by atomic mass is 16.4. The lowest BCUT2D eigenvalue weighted by Gasteiger charge is -2.04. The molecule has 0 saturated heterocycles. The van der Waals surface area contributed by atoms with Gasteiger partial charge in [-0.3, -0.25) is 0 Å². The quantitative estimate of drug-likeness (QED) is 0.234. The third-order valence-electron chi connectivity index (χ3n) is 3.09. The Kier molecular flexibility index (Phi) is 13.0. The van der Waals surface area contributed by atoms with Crippen molar-refractivity contribution in [3.05, 3.63) is 0 Å². The van der Waals surface area contributed by atoms with Crippen molar-refractivity contribution in [1.29, 1.82) is 0 Å². The molecule has 0 fully saturated rings. The first-order chi connectivity index (χ1) is 8.31. The molecule has 0 aromatic carbocycles. The Balaban J connectivity index is 3.03. The van der Waals surface area contributed by atoms with E-state index in [0.717, 1.165) is 6.42 Å². The van der Waals surface area contributed by atoms with Gasteiger partial charge in [-0.1, -0.05) is 76.3 Å². The molecule has 3 nitrogen and oxygen atoms in total. The summed E-state index contributed by atoms with van der Waals surface area (Å²) in [5, 5.41) is 20.3. The van der Waals surface area contributed by atoms with E-state index in [9.17, 15) is 5.11 Å². The molecule has 0 saturated carbocycles. The van der Waals surface area contributed by atoms with E-state index >= 15 is 0 Å². The molecular formula is C14H29NO2. The molecule has 0 bridgehead atoms. The van der Waals surface area contributed by atoms with Gasteiger partial charge >= 0.3 is 0 Å². The number of rotatable bonds is 12. The van der Waals surface area contributed by atoms with E-state index in [1.807, 2.05) is 0 Å². The number of aliphatic hydroxyl groups excluding tert-OH is 1. The maximum atomic E-state index is 9.26. The molecule has 0 aromatic rings. The monoisotopic (exact) mass is 243 g/mol. The van der Waals surface area contributed by atoms with Gasteiger partial charge in [0.2, 0.25) is 0 Å². The van der Waals surface area contributed by atoms with Crippen LogP contribution in [0.2, 0.25) is 0 Å². The Morgan fingerprint density at radius 3 is 1.82 bits per heavy atom. The van der Waals surface area contributed by atoms with Crippen LogP contribution in [0, 0.1) is 0 Å². The smallest absolute Gasteiger partial charge is 0.0924 e. The molecule has 0 aliphatic heterocycles. The summed E-state index contributed by atoms with van der Waals surface area (Å²) < 4.78 is 0. The lowest BCUT2D eigenvalue weighted by atomic mass is 10.0. The molecule has 0 aliphatic carbocycles. The number of hydrogen-bond acceptors (Lipinski definition) is 3. The van der Waals surface area contributed by atoms with Crippen molar-refractivity contribution in [3.8, 4) is 0 Å². The Morgan fingerprint density at radius 1 is 0.882 bits per heavy atom. The summed E-state index contributed by atoms with van der Waals surface area (Å²) in [7, 11) is 0. The standard InChI is InChI=1S/C14H29NO2/c1-2-3-4-5-6-7-8-9-10-11-12-14(16)13-15-17/h13-14,16-17H,2-12H2,1H3. The van der Waals surface area contributed by atoms with Crippen LogP contribution in [0.4, 0.5) is 0 Å². The zero-order valence-corrected chi connectivity index (χ0v) is 11.3. The Hall–Kier alpha value is -0.570. The molecule has 0 radical (unpaired) electrons. The van der Waals surface area contributed by atoms with E-state index in [1.54, 1.807) is 0 Å². The molecule has 0 rings (SSSR count). The van der Waals surface area contributed by atoms with Crippen molar-refractivity contribution in [2.24, 2.45) is 5.16 Å². The number of aliphatic hydroxyl groups is 1. The Bertz CT molecular complexity index is 172. The highest BCUT2D eigenvalue weighted by Crippen LogP contribution is 2.11. The van der Waals surface area contributed by atoms with Crippen molar-refractivity contribution in [1.82, 2.24) is 0 Å². The number of hydrogen-bond donors (Lipinski definition) is 2. The lowest BCUT2D eigenvalue weighted by molar-refractivity contribution is 0.222. The predicted octanol–water partition coefficient (Wildman–Crippen LogP) is 4.12. The van der Waals surface area contributed by atoms with Crippen LogP contribution in [0.25, 0.3) is 0 Å². The van der Waals surface area contributed by atoms with Crippen molar-refractivity contribution in [2.75, 3.05) is 0 Å². The van der Waals surface area contributed by atoms with E-state index in [-0.39, 0.29) is 0 Å². The maximum Gasteiger partial charge on any atom is 0.0924 e. The van der Waals surface area contributed by atoms with Gasteiger partial charge in [0, 0.05) is 0 Å². The summed E-state index contributed by atoms with van der Waals surface area (Å²) in [4.78, 5) is 0. The number of unbranched alkanes of at least 4 members (excludes halogenated alkanes) is 9. The Labute approximate surface area is 106 Å². The van der Waals surface area contributed by atoms with Crippen molar-refractivity contribution in [2.45, 2.75) is 83.7 Å². The summed E-state index contributed by atoms with van der Waals surface area (Å²) in [5.41, 5.74) is 0. The van der Waals surface area contributed by atoms with Gasteiger partial charge in [0.1, 0.15) is 0 Å². The van der Waals surface area contributed by atoms with Gasteiger partial charge in [-0.15, -0.1) is 0 Å². The first-order valence-corrected chi connectivity index (χ1v) is 7.17. The van der Waals surface area contributed by atoms with E-state index in [2.05, 4.69) is 12.1 Å². The zero-order chi connectivity index (χ0) is 12.8. The van der Waals surface area contributed by atoms with Crippen LogP contribution in [-0.2, 0) is 0 Å². The van der Waals surface area contributed by atoms with Crippen molar-refractivity contribution >= 4 is 6.21 Å². The number of nitrogens with zero attached hydrogens (tertiary/aromatic N) is 1. The minimum Gasteiger partial charge on any atom is -0.411 e. The van der Waals surface area contributed by atoms with Crippen LogP contribution >= 0.6 is 0 Å². The third kappa shape index (κ3) is 13.4. The molecular weight excluding hydrogens is 214 g/mol. The second-order valence-corrected chi connectivity index (χ2v) is 4.80. The normalized spacial score (nSPS) is 13.3. The van der Waals surface area contributed by atoms with Gasteiger partial charge in [0.05, 0.1) is 12.3 Å². The fourth-order valence-corrected chi connectivity index (χ4v) is 1.99. The molecule has 17 heavy (non-hydrogen) atoms. The summed E-state index contributed by atoms with van der Waals surface area (Å²) in [6, 6.07) is 0. The molecule has 2 N–H and O–H groups in total.